The van der Waals surface area contributed by atoms with Gasteiger partial charge in [-0.05, 0) is 33.1 Å². The molecule has 2 aromatic rings. The smallest absolute Gasteiger partial charge is 0.268 e. The van der Waals surface area contributed by atoms with Gasteiger partial charge in [0.15, 0.2) is 0 Å². The molecule has 0 radical (unpaired) electrons. The van der Waals surface area contributed by atoms with E-state index in [9.17, 15) is 9.90 Å². The first kappa shape index (κ1) is 13.4. The number of aryl methyl sites for hydroxylation is 1. The van der Waals surface area contributed by atoms with Crippen LogP contribution in [0.25, 0.3) is 0 Å². The molecule has 1 heterocycles. The van der Waals surface area contributed by atoms with E-state index in [2.05, 4.69) is 21.2 Å². The molecule has 1 aliphatic carbocycles. The van der Waals surface area contributed by atoms with Crippen LogP contribution in [0.4, 0.5) is 0 Å². The Balaban J connectivity index is 1.85. The third kappa shape index (κ3) is 2.27. The molecule has 1 amide bonds. The summed E-state index contributed by atoms with van der Waals surface area (Å²) in [4.78, 5) is 12.3. The lowest BCUT2D eigenvalue weighted by Gasteiger charge is -2.18. The zero-order chi connectivity index (χ0) is 14.3. The van der Waals surface area contributed by atoms with E-state index < -0.39 is 6.10 Å². The van der Waals surface area contributed by atoms with Gasteiger partial charge in [0.25, 0.3) is 5.91 Å². The summed E-state index contributed by atoms with van der Waals surface area (Å²) in [6, 6.07) is 9.25. The first-order valence-corrected chi connectivity index (χ1v) is 7.24. The van der Waals surface area contributed by atoms with Crippen molar-refractivity contribution in [3.8, 4) is 0 Å². The number of hydrogen-bond acceptors (Lipinski definition) is 2. The van der Waals surface area contributed by atoms with Crippen LogP contribution in [0.5, 0.6) is 0 Å². The lowest BCUT2D eigenvalue weighted by atomic mass is 10.1. The van der Waals surface area contributed by atoms with Crippen molar-refractivity contribution in [1.82, 2.24) is 9.88 Å². The fraction of sp³-hybridized carbons (Fsp3) is 0.267. The molecule has 0 spiro atoms. The highest BCUT2D eigenvalue weighted by Crippen LogP contribution is 2.31. The van der Waals surface area contributed by atoms with Crippen LogP contribution in [-0.2, 0) is 13.5 Å². The van der Waals surface area contributed by atoms with E-state index in [0.29, 0.717) is 12.1 Å². The summed E-state index contributed by atoms with van der Waals surface area (Å²) in [5.74, 6) is -0.182. The average Bonchev–Trinajstić information content (AvgIpc) is 2.90. The number of hydrogen-bond donors (Lipinski definition) is 2. The lowest BCUT2D eigenvalue weighted by Crippen LogP contribution is -2.34. The Morgan fingerprint density at radius 1 is 1.45 bits per heavy atom. The number of rotatable bonds is 2. The molecule has 5 heteroatoms. The van der Waals surface area contributed by atoms with Crippen molar-refractivity contribution in [3.05, 3.63) is 57.8 Å². The Labute approximate surface area is 125 Å². The number of aromatic nitrogens is 1. The number of halogens is 1. The number of fused-ring (bicyclic) bond motifs is 1. The topological polar surface area (TPSA) is 54.3 Å². The maximum atomic E-state index is 12.3. The summed E-state index contributed by atoms with van der Waals surface area (Å²) in [6.07, 6.45) is 1.84. The van der Waals surface area contributed by atoms with E-state index in [0.717, 1.165) is 15.6 Å². The third-order valence-corrected chi connectivity index (χ3v) is 4.13. The zero-order valence-corrected chi connectivity index (χ0v) is 12.6. The number of carbonyl (C=O) groups is 1. The van der Waals surface area contributed by atoms with Gasteiger partial charge in [-0.2, -0.15) is 0 Å². The molecule has 20 heavy (non-hydrogen) atoms. The summed E-state index contributed by atoms with van der Waals surface area (Å²) >= 11 is 3.35. The molecule has 1 aromatic heterocycles. The normalized spacial score (nSPS) is 20.8. The Bertz CT molecular complexity index is 666. The molecular weight excluding hydrogens is 320 g/mol. The van der Waals surface area contributed by atoms with Crippen molar-refractivity contribution in [2.75, 3.05) is 0 Å². The van der Waals surface area contributed by atoms with E-state index in [1.165, 1.54) is 0 Å². The summed E-state index contributed by atoms with van der Waals surface area (Å²) in [7, 11) is 1.82. The van der Waals surface area contributed by atoms with E-state index in [1.807, 2.05) is 37.5 Å². The Kier molecular flexibility index (Phi) is 3.40. The maximum Gasteiger partial charge on any atom is 0.268 e. The van der Waals surface area contributed by atoms with Gasteiger partial charge >= 0.3 is 0 Å². The fourth-order valence-corrected chi connectivity index (χ4v) is 3.24. The van der Waals surface area contributed by atoms with Gasteiger partial charge in [0.2, 0.25) is 0 Å². The summed E-state index contributed by atoms with van der Waals surface area (Å²) in [6.45, 7) is 0. The molecule has 1 aliphatic rings. The summed E-state index contributed by atoms with van der Waals surface area (Å²) in [5, 5.41) is 13.1. The van der Waals surface area contributed by atoms with Crippen LogP contribution in [0.3, 0.4) is 0 Å². The molecule has 0 bridgehead atoms. The first-order chi connectivity index (χ1) is 9.56. The Hall–Kier alpha value is -1.59. The van der Waals surface area contributed by atoms with E-state index in [-0.39, 0.29) is 11.9 Å². The number of benzene rings is 1. The summed E-state index contributed by atoms with van der Waals surface area (Å²) < 4.78 is 2.62. The monoisotopic (exact) mass is 334 g/mol. The second kappa shape index (κ2) is 5.07. The van der Waals surface area contributed by atoms with Gasteiger partial charge in [-0.25, -0.2) is 0 Å². The van der Waals surface area contributed by atoms with Gasteiger partial charge in [-0.3, -0.25) is 4.79 Å². The minimum absolute atomic E-state index is 0.182. The predicted octanol–water partition coefficient (Wildman–Crippen LogP) is 2.18. The van der Waals surface area contributed by atoms with Crippen LogP contribution in [0.2, 0.25) is 0 Å². The minimum atomic E-state index is -0.569. The second-order valence-electron chi connectivity index (χ2n) is 5.08. The van der Waals surface area contributed by atoms with Crippen LogP contribution in [0, 0.1) is 0 Å². The molecule has 0 unspecified atom stereocenters. The molecule has 2 atom stereocenters. The van der Waals surface area contributed by atoms with Gasteiger partial charge < -0.3 is 15.0 Å². The van der Waals surface area contributed by atoms with Crippen LogP contribution >= 0.6 is 15.9 Å². The number of amides is 1. The average molecular weight is 335 g/mol. The van der Waals surface area contributed by atoms with Crippen molar-refractivity contribution < 1.29 is 9.90 Å². The van der Waals surface area contributed by atoms with Gasteiger partial charge in [-0.15, -0.1) is 0 Å². The molecule has 3 rings (SSSR count). The van der Waals surface area contributed by atoms with Crippen molar-refractivity contribution in [3.63, 3.8) is 0 Å². The molecular formula is C15H15BrN2O2. The number of aliphatic hydroxyl groups excluding tert-OH is 1. The molecule has 0 saturated heterocycles. The highest BCUT2D eigenvalue weighted by Gasteiger charge is 2.32. The largest absolute Gasteiger partial charge is 0.390 e. The SMILES string of the molecule is Cn1cc(Br)cc1C(=O)N[C@@H]1c2ccccc2C[C@@H]1O. The Morgan fingerprint density at radius 3 is 2.90 bits per heavy atom. The second-order valence-corrected chi connectivity index (χ2v) is 5.99. The Morgan fingerprint density at radius 2 is 2.20 bits per heavy atom. The first-order valence-electron chi connectivity index (χ1n) is 6.45. The van der Waals surface area contributed by atoms with E-state index >= 15 is 0 Å². The van der Waals surface area contributed by atoms with Gasteiger partial charge in [0.1, 0.15) is 5.69 Å². The van der Waals surface area contributed by atoms with Gasteiger partial charge in [-0.1, -0.05) is 24.3 Å². The standard InChI is InChI=1S/C15H15BrN2O2/c1-18-8-10(16)7-12(18)15(20)17-14-11-5-3-2-4-9(11)6-13(14)19/h2-5,7-8,13-14,19H,6H2,1H3,(H,17,20)/t13-,14+/m0/s1. The fourth-order valence-electron chi connectivity index (χ4n) is 2.71. The minimum Gasteiger partial charge on any atom is -0.390 e. The highest BCUT2D eigenvalue weighted by molar-refractivity contribution is 9.10. The van der Waals surface area contributed by atoms with Crippen molar-refractivity contribution in [2.45, 2.75) is 18.6 Å². The van der Waals surface area contributed by atoms with Crippen LogP contribution < -0.4 is 5.32 Å². The van der Waals surface area contributed by atoms with Crippen LogP contribution in [-0.4, -0.2) is 21.7 Å². The summed E-state index contributed by atoms with van der Waals surface area (Å²) in [5.41, 5.74) is 2.66. The van der Waals surface area contributed by atoms with E-state index in [4.69, 9.17) is 0 Å². The predicted molar refractivity (Wildman–Crippen MR) is 79.5 cm³/mol. The van der Waals surface area contributed by atoms with E-state index in [1.54, 1.807) is 10.6 Å². The molecule has 4 nitrogen and oxygen atoms in total. The molecule has 0 fully saturated rings. The van der Waals surface area contributed by atoms with Gasteiger partial charge in [0, 0.05) is 24.1 Å². The molecule has 2 N–H and O–H groups in total. The van der Waals surface area contributed by atoms with Crippen LogP contribution in [0.1, 0.15) is 27.7 Å². The molecule has 104 valence electrons. The maximum absolute atomic E-state index is 12.3. The van der Waals surface area contributed by atoms with Gasteiger partial charge in [0.05, 0.1) is 12.1 Å². The third-order valence-electron chi connectivity index (χ3n) is 3.69. The van der Waals surface area contributed by atoms with Crippen molar-refractivity contribution in [2.24, 2.45) is 7.05 Å². The zero-order valence-electron chi connectivity index (χ0n) is 11.0. The number of carbonyl (C=O) groups excluding carboxylic acids is 1. The highest BCUT2D eigenvalue weighted by atomic mass is 79.9. The quantitative estimate of drug-likeness (QED) is 0.884. The lowest BCUT2D eigenvalue weighted by molar-refractivity contribution is 0.0850. The number of nitrogens with zero attached hydrogens (tertiary/aromatic N) is 1. The number of nitrogens with one attached hydrogen (secondary N) is 1. The molecule has 0 saturated carbocycles. The van der Waals surface area contributed by atoms with Crippen LogP contribution in [0.15, 0.2) is 41.0 Å². The molecule has 0 aliphatic heterocycles. The number of aliphatic hydroxyl groups is 1. The van der Waals surface area contributed by atoms with Crippen molar-refractivity contribution >= 4 is 21.8 Å². The molecule has 1 aromatic carbocycles. The van der Waals surface area contributed by atoms with Crippen molar-refractivity contribution in [1.29, 1.82) is 0 Å².